The number of hydrogen-bond donors (Lipinski definition) is 1. The van der Waals surface area contributed by atoms with E-state index in [0.717, 1.165) is 18.9 Å². The molecule has 0 aliphatic rings. The van der Waals surface area contributed by atoms with Crippen molar-refractivity contribution in [2.24, 2.45) is 0 Å². The maximum absolute atomic E-state index is 6.15. The Labute approximate surface area is 123 Å². The first-order valence-electron chi connectivity index (χ1n) is 6.66. The van der Waals surface area contributed by atoms with Gasteiger partial charge < -0.3 is 15.4 Å². The normalized spacial score (nSPS) is 10.8. The van der Waals surface area contributed by atoms with Gasteiger partial charge in [0.05, 0.1) is 12.6 Å². The molecule has 0 saturated carbocycles. The zero-order valence-electron chi connectivity index (χ0n) is 12.0. The van der Waals surface area contributed by atoms with E-state index in [1.807, 2.05) is 19.9 Å². The number of rotatable bonds is 6. The molecule has 0 unspecified atom stereocenters. The van der Waals surface area contributed by atoms with Gasteiger partial charge in [-0.2, -0.15) is 4.98 Å². The summed E-state index contributed by atoms with van der Waals surface area (Å²) in [6.45, 7) is 7.59. The topological polar surface area (TPSA) is 64.3 Å². The Morgan fingerprint density at radius 3 is 2.80 bits per heavy atom. The fourth-order valence-corrected chi connectivity index (χ4v) is 2.59. The third kappa shape index (κ3) is 3.39. The molecule has 2 N–H and O–H groups in total. The molecule has 20 heavy (non-hydrogen) atoms. The molecule has 0 fully saturated rings. The van der Waals surface area contributed by atoms with Crippen LogP contribution in [0.3, 0.4) is 0 Å². The molecule has 2 heterocycles. The Kier molecular flexibility index (Phi) is 4.79. The van der Waals surface area contributed by atoms with E-state index < -0.39 is 0 Å². The molecule has 5 nitrogen and oxygen atoms in total. The van der Waals surface area contributed by atoms with E-state index in [1.54, 1.807) is 11.3 Å². The number of nitrogen functional groups attached to an aromatic ring is 1. The molecule has 0 bridgehead atoms. The summed E-state index contributed by atoms with van der Waals surface area (Å²) in [5.41, 5.74) is 6.65. The van der Waals surface area contributed by atoms with E-state index in [1.165, 1.54) is 11.2 Å². The molecule has 108 valence electrons. The van der Waals surface area contributed by atoms with Gasteiger partial charge >= 0.3 is 0 Å². The average Bonchev–Trinajstić information content (AvgIpc) is 2.91. The number of anilines is 2. The van der Waals surface area contributed by atoms with Crippen molar-refractivity contribution in [2.75, 3.05) is 17.2 Å². The zero-order valence-corrected chi connectivity index (χ0v) is 12.9. The van der Waals surface area contributed by atoms with E-state index in [-0.39, 0.29) is 6.10 Å². The zero-order chi connectivity index (χ0) is 14.5. The summed E-state index contributed by atoms with van der Waals surface area (Å²) in [5.74, 6) is 1.18. The van der Waals surface area contributed by atoms with E-state index >= 15 is 0 Å². The van der Waals surface area contributed by atoms with Crippen molar-refractivity contribution < 1.29 is 4.74 Å². The van der Waals surface area contributed by atoms with E-state index in [2.05, 4.69) is 33.2 Å². The molecule has 0 spiro atoms. The lowest BCUT2D eigenvalue weighted by Crippen LogP contribution is -2.24. The van der Waals surface area contributed by atoms with Crippen LogP contribution in [0.5, 0.6) is 5.88 Å². The van der Waals surface area contributed by atoms with Gasteiger partial charge in [0, 0.05) is 11.4 Å². The predicted octanol–water partition coefficient (Wildman–Crippen LogP) is 2.93. The van der Waals surface area contributed by atoms with Crippen LogP contribution in [0.4, 0.5) is 11.5 Å². The van der Waals surface area contributed by atoms with Crippen molar-refractivity contribution in [1.29, 1.82) is 0 Å². The summed E-state index contributed by atoms with van der Waals surface area (Å²) >= 11 is 1.72. The van der Waals surface area contributed by atoms with Crippen molar-refractivity contribution in [1.82, 2.24) is 9.97 Å². The van der Waals surface area contributed by atoms with Gasteiger partial charge in [-0.1, -0.05) is 6.07 Å². The van der Waals surface area contributed by atoms with Crippen LogP contribution in [-0.2, 0) is 6.54 Å². The standard InChI is InChI=1S/C14H20N4OS/c1-4-18(8-11-6-5-7-20-11)13-12(15)14(17-9-16-13)19-10(2)3/h5-7,9-10H,4,8,15H2,1-3H3. The van der Waals surface area contributed by atoms with Gasteiger partial charge in [0.25, 0.3) is 0 Å². The third-order valence-electron chi connectivity index (χ3n) is 2.78. The highest BCUT2D eigenvalue weighted by Gasteiger charge is 2.16. The van der Waals surface area contributed by atoms with Gasteiger partial charge in [-0.15, -0.1) is 11.3 Å². The highest BCUT2D eigenvalue weighted by molar-refractivity contribution is 7.09. The van der Waals surface area contributed by atoms with E-state index in [9.17, 15) is 0 Å². The van der Waals surface area contributed by atoms with Crippen LogP contribution in [0.2, 0.25) is 0 Å². The fraction of sp³-hybridized carbons (Fsp3) is 0.429. The molecule has 2 aromatic heterocycles. The SMILES string of the molecule is CCN(Cc1cccs1)c1ncnc(OC(C)C)c1N. The Bertz CT molecular complexity index is 542. The van der Waals surface area contributed by atoms with Gasteiger partial charge in [0.2, 0.25) is 5.88 Å². The molecule has 0 saturated heterocycles. The van der Waals surface area contributed by atoms with Gasteiger partial charge in [0.15, 0.2) is 5.82 Å². The lowest BCUT2D eigenvalue weighted by atomic mass is 10.3. The molecular formula is C14H20N4OS. The molecule has 0 atom stereocenters. The maximum atomic E-state index is 6.15. The quantitative estimate of drug-likeness (QED) is 0.887. The van der Waals surface area contributed by atoms with E-state index in [4.69, 9.17) is 10.5 Å². The van der Waals surface area contributed by atoms with Crippen LogP contribution in [0.1, 0.15) is 25.6 Å². The first-order chi connectivity index (χ1) is 9.61. The molecule has 0 aromatic carbocycles. The van der Waals surface area contributed by atoms with Gasteiger partial charge in [-0.05, 0) is 32.2 Å². The lowest BCUT2D eigenvalue weighted by Gasteiger charge is -2.23. The summed E-state index contributed by atoms with van der Waals surface area (Å²) in [5, 5.41) is 2.07. The van der Waals surface area contributed by atoms with Crippen LogP contribution in [-0.4, -0.2) is 22.6 Å². The number of hydrogen-bond acceptors (Lipinski definition) is 6. The second kappa shape index (κ2) is 6.56. The maximum Gasteiger partial charge on any atom is 0.242 e. The third-order valence-corrected chi connectivity index (χ3v) is 3.64. The van der Waals surface area contributed by atoms with Crippen LogP contribution in [0.15, 0.2) is 23.8 Å². The Morgan fingerprint density at radius 2 is 2.20 bits per heavy atom. The first-order valence-corrected chi connectivity index (χ1v) is 7.54. The second-order valence-corrected chi connectivity index (χ2v) is 5.71. The Balaban J connectivity index is 2.25. The average molecular weight is 292 g/mol. The van der Waals surface area contributed by atoms with Crippen LogP contribution < -0.4 is 15.4 Å². The number of nitrogens with two attached hydrogens (primary N) is 1. The summed E-state index contributed by atoms with van der Waals surface area (Å²) in [7, 11) is 0. The van der Waals surface area contributed by atoms with Crippen molar-refractivity contribution in [3.05, 3.63) is 28.7 Å². The van der Waals surface area contributed by atoms with Crippen LogP contribution in [0.25, 0.3) is 0 Å². The summed E-state index contributed by atoms with van der Waals surface area (Å²) in [6, 6.07) is 4.15. The Morgan fingerprint density at radius 1 is 1.40 bits per heavy atom. The highest BCUT2D eigenvalue weighted by Crippen LogP contribution is 2.29. The first kappa shape index (κ1) is 14.6. The molecule has 6 heteroatoms. The van der Waals surface area contributed by atoms with Gasteiger partial charge in [0.1, 0.15) is 12.0 Å². The van der Waals surface area contributed by atoms with Crippen LogP contribution >= 0.6 is 11.3 Å². The monoisotopic (exact) mass is 292 g/mol. The van der Waals surface area contributed by atoms with Crippen molar-refractivity contribution in [2.45, 2.75) is 33.4 Å². The number of aromatic nitrogens is 2. The minimum atomic E-state index is 0.0347. The Hall–Kier alpha value is -1.82. The molecule has 0 amide bonds. The van der Waals surface area contributed by atoms with E-state index in [0.29, 0.717) is 11.6 Å². The minimum absolute atomic E-state index is 0.0347. The minimum Gasteiger partial charge on any atom is -0.473 e. The van der Waals surface area contributed by atoms with Gasteiger partial charge in [-0.25, -0.2) is 4.98 Å². The second-order valence-electron chi connectivity index (χ2n) is 4.68. The molecular weight excluding hydrogens is 272 g/mol. The molecule has 0 radical (unpaired) electrons. The number of ether oxygens (including phenoxy) is 1. The number of thiophene rings is 1. The lowest BCUT2D eigenvalue weighted by molar-refractivity contribution is 0.234. The van der Waals surface area contributed by atoms with Gasteiger partial charge in [-0.3, -0.25) is 0 Å². The highest BCUT2D eigenvalue weighted by atomic mass is 32.1. The molecule has 0 aliphatic heterocycles. The summed E-state index contributed by atoms with van der Waals surface area (Å²) < 4.78 is 5.62. The fourth-order valence-electron chi connectivity index (χ4n) is 1.87. The van der Waals surface area contributed by atoms with Crippen LogP contribution in [0, 0.1) is 0 Å². The summed E-state index contributed by atoms with van der Waals surface area (Å²) in [6.07, 6.45) is 1.54. The van der Waals surface area contributed by atoms with Crippen molar-refractivity contribution in [3.63, 3.8) is 0 Å². The molecule has 2 rings (SSSR count). The van der Waals surface area contributed by atoms with Crippen molar-refractivity contribution in [3.8, 4) is 5.88 Å². The predicted molar refractivity (Wildman–Crippen MR) is 83.3 cm³/mol. The van der Waals surface area contributed by atoms with Crippen molar-refractivity contribution >= 4 is 22.8 Å². The number of nitrogens with zero attached hydrogens (tertiary/aromatic N) is 3. The molecule has 0 aliphatic carbocycles. The smallest absolute Gasteiger partial charge is 0.242 e. The summed E-state index contributed by atoms with van der Waals surface area (Å²) in [4.78, 5) is 11.8. The molecule has 2 aromatic rings. The largest absolute Gasteiger partial charge is 0.473 e.